The molecule has 2 rings (SSSR count). The number of aromatic carboxylic acids is 1. The maximum atomic E-state index is 11.3. The van der Waals surface area contributed by atoms with E-state index in [1.54, 1.807) is 0 Å². The number of nitrogens with zero attached hydrogens (tertiary/aromatic N) is 1. The van der Waals surface area contributed by atoms with Gasteiger partial charge in [-0.2, -0.15) is 11.3 Å². The Hall–Kier alpha value is -1.53. The van der Waals surface area contributed by atoms with E-state index in [9.17, 15) is 9.59 Å². The zero-order chi connectivity index (χ0) is 11.7. The largest absolute Gasteiger partial charge is 0.476 e. The molecule has 0 aliphatic carbocycles. The number of carboxylic acid groups (broad SMARTS) is 1. The lowest BCUT2D eigenvalue weighted by molar-refractivity contribution is 0.0687. The van der Waals surface area contributed by atoms with E-state index in [2.05, 4.69) is 4.98 Å². The molecule has 1 N–H and O–H groups in total. The van der Waals surface area contributed by atoms with Gasteiger partial charge in [0.15, 0.2) is 11.5 Å². The van der Waals surface area contributed by atoms with Gasteiger partial charge in [0, 0.05) is 17.9 Å². The molecular weight excluding hydrogens is 246 g/mol. The van der Waals surface area contributed by atoms with E-state index in [1.807, 2.05) is 16.8 Å². The first kappa shape index (κ1) is 11.0. The molecule has 0 fully saturated rings. The Bertz CT molecular complexity index is 511. The zero-order valence-electron chi connectivity index (χ0n) is 8.26. The van der Waals surface area contributed by atoms with Crippen LogP contribution in [0.15, 0.2) is 16.8 Å². The summed E-state index contributed by atoms with van der Waals surface area (Å²) in [5.74, 6) is -1.43. The standard InChI is InChI=1S/C10H7NO3S2/c1-5(12)8-7(10(13)14)11-9(16-8)6-2-3-15-4-6/h2-4H,1H3,(H,13,14). The van der Waals surface area contributed by atoms with Crippen molar-refractivity contribution >= 4 is 34.4 Å². The molecule has 0 spiro atoms. The number of carboxylic acids is 1. The fourth-order valence-electron chi connectivity index (χ4n) is 1.21. The Balaban J connectivity index is 2.55. The van der Waals surface area contributed by atoms with Gasteiger partial charge in [0.25, 0.3) is 0 Å². The van der Waals surface area contributed by atoms with Crippen LogP contribution in [0.4, 0.5) is 0 Å². The fraction of sp³-hybridized carbons (Fsp3) is 0.100. The van der Waals surface area contributed by atoms with Crippen LogP contribution in [-0.4, -0.2) is 21.8 Å². The van der Waals surface area contributed by atoms with Gasteiger partial charge in [-0.25, -0.2) is 9.78 Å². The SMILES string of the molecule is CC(=O)c1sc(-c2ccsc2)nc1C(=O)O. The Morgan fingerprint density at radius 3 is 2.62 bits per heavy atom. The molecule has 2 heterocycles. The number of rotatable bonds is 3. The number of hydrogen-bond donors (Lipinski definition) is 1. The smallest absolute Gasteiger partial charge is 0.356 e. The van der Waals surface area contributed by atoms with Crippen LogP contribution in [0.3, 0.4) is 0 Å². The summed E-state index contributed by atoms with van der Waals surface area (Å²) in [5, 5.41) is 13.2. The van der Waals surface area contributed by atoms with Crippen molar-refractivity contribution in [3.05, 3.63) is 27.4 Å². The molecule has 0 aliphatic rings. The van der Waals surface area contributed by atoms with Gasteiger partial charge in [0.05, 0.1) is 0 Å². The monoisotopic (exact) mass is 253 g/mol. The summed E-state index contributed by atoms with van der Waals surface area (Å²) in [4.78, 5) is 26.3. The number of thiophene rings is 1. The van der Waals surface area contributed by atoms with Gasteiger partial charge in [0.1, 0.15) is 9.88 Å². The maximum Gasteiger partial charge on any atom is 0.356 e. The van der Waals surface area contributed by atoms with Gasteiger partial charge in [0.2, 0.25) is 0 Å². The fourth-order valence-corrected chi connectivity index (χ4v) is 2.88. The molecular formula is C10H7NO3S2. The first-order valence-electron chi connectivity index (χ1n) is 4.37. The molecule has 0 saturated heterocycles. The Morgan fingerprint density at radius 1 is 1.44 bits per heavy atom. The molecule has 0 aromatic carbocycles. The van der Waals surface area contributed by atoms with E-state index >= 15 is 0 Å². The lowest BCUT2D eigenvalue weighted by atomic mass is 10.3. The van der Waals surface area contributed by atoms with E-state index in [0.717, 1.165) is 16.9 Å². The summed E-state index contributed by atoms with van der Waals surface area (Å²) in [6, 6.07) is 1.85. The van der Waals surface area contributed by atoms with Gasteiger partial charge in [-0.15, -0.1) is 11.3 Å². The van der Waals surface area contributed by atoms with E-state index in [0.29, 0.717) is 5.01 Å². The van der Waals surface area contributed by atoms with Crippen molar-refractivity contribution < 1.29 is 14.7 Å². The molecule has 0 bridgehead atoms. The van der Waals surface area contributed by atoms with Crippen molar-refractivity contribution in [2.24, 2.45) is 0 Å². The molecule has 16 heavy (non-hydrogen) atoms. The number of carbonyl (C=O) groups excluding carboxylic acids is 1. The number of carbonyl (C=O) groups is 2. The van der Waals surface area contributed by atoms with Crippen LogP contribution in [0.5, 0.6) is 0 Å². The summed E-state index contributed by atoms with van der Waals surface area (Å²) in [7, 11) is 0. The van der Waals surface area contributed by atoms with Crippen molar-refractivity contribution in [1.29, 1.82) is 0 Å². The van der Waals surface area contributed by atoms with E-state index in [1.165, 1.54) is 18.3 Å². The molecule has 0 amide bonds. The van der Waals surface area contributed by atoms with Gasteiger partial charge in [-0.05, 0) is 11.4 Å². The maximum absolute atomic E-state index is 11.3. The minimum atomic E-state index is -1.16. The average molecular weight is 253 g/mol. The Labute approximate surface area is 99.2 Å². The quantitative estimate of drug-likeness (QED) is 0.854. The molecule has 2 aromatic heterocycles. The van der Waals surface area contributed by atoms with Crippen molar-refractivity contribution in [2.75, 3.05) is 0 Å². The second-order valence-corrected chi connectivity index (χ2v) is 4.85. The first-order chi connectivity index (χ1) is 7.59. The van der Waals surface area contributed by atoms with Crippen LogP contribution in [0.2, 0.25) is 0 Å². The van der Waals surface area contributed by atoms with Crippen LogP contribution >= 0.6 is 22.7 Å². The third-order valence-corrected chi connectivity index (χ3v) is 3.81. The number of aromatic nitrogens is 1. The van der Waals surface area contributed by atoms with Crippen LogP contribution in [0.25, 0.3) is 10.6 Å². The van der Waals surface area contributed by atoms with Gasteiger partial charge >= 0.3 is 5.97 Å². The van der Waals surface area contributed by atoms with Gasteiger partial charge in [-0.3, -0.25) is 4.79 Å². The molecule has 2 aromatic rings. The van der Waals surface area contributed by atoms with Gasteiger partial charge < -0.3 is 5.11 Å². The normalized spacial score (nSPS) is 10.3. The van der Waals surface area contributed by atoms with Crippen molar-refractivity contribution in [1.82, 2.24) is 4.98 Å². The van der Waals surface area contributed by atoms with Crippen molar-refractivity contribution in [3.63, 3.8) is 0 Å². The van der Waals surface area contributed by atoms with E-state index in [4.69, 9.17) is 5.11 Å². The average Bonchev–Trinajstić information content (AvgIpc) is 2.86. The highest BCUT2D eigenvalue weighted by Gasteiger charge is 2.21. The summed E-state index contributed by atoms with van der Waals surface area (Å²) in [6.07, 6.45) is 0. The molecule has 0 radical (unpaired) electrons. The van der Waals surface area contributed by atoms with Crippen LogP contribution in [0, 0.1) is 0 Å². The second-order valence-electron chi connectivity index (χ2n) is 3.07. The topological polar surface area (TPSA) is 67.3 Å². The third-order valence-electron chi connectivity index (χ3n) is 1.92. The summed E-state index contributed by atoms with van der Waals surface area (Å²) >= 11 is 2.62. The minimum Gasteiger partial charge on any atom is -0.476 e. The molecule has 0 unspecified atom stereocenters. The highest BCUT2D eigenvalue weighted by molar-refractivity contribution is 7.17. The lowest BCUT2D eigenvalue weighted by Crippen LogP contribution is -2.03. The van der Waals surface area contributed by atoms with Crippen LogP contribution < -0.4 is 0 Å². The second kappa shape index (κ2) is 4.15. The highest BCUT2D eigenvalue weighted by Crippen LogP contribution is 2.29. The summed E-state index contributed by atoms with van der Waals surface area (Å²) in [5.41, 5.74) is 0.698. The number of hydrogen-bond acceptors (Lipinski definition) is 5. The van der Waals surface area contributed by atoms with E-state index in [-0.39, 0.29) is 16.4 Å². The molecule has 0 saturated carbocycles. The molecule has 0 aliphatic heterocycles. The molecule has 0 atom stereocenters. The highest BCUT2D eigenvalue weighted by atomic mass is 32.1. The molecule has 6 heteroatoms. The lowest BCUT2D eigenvalue weighted by Gasteiger charge is -1.89. The zero-order valence-corrected chi connectivity index (χ0v) is 9.89. The van der Waals surface area contributed by atoms with Crippen LogP contribution in [0.1, 0.15) is 27.1 Å². The first-order valence-corrected chi connectivity index (χ1v) is 6.13. The predicted molar refractivity (Wildman–Crippen MR) is 62.4 cm³/mol. The van der Waals surface area contributed by atoms with E-state index < -0.39 is 5.97 Å². The Kier molecular flexibility index (Phi) is 2.84. The van der Waals surface area contributed by atoms with Crippen molar-refractivity contribution in [2.45, 2.75) is 6.92 Å². The molecule has 82 valence electrons. The minimum absolute atomic E-state index is 0.154. The summed E-state index contributed by atoms with van der Waals surface area (Å²) < 4.78 is 0. The van der Waals surface area contributed by atoms with Crippen molar-refractivity contribution in [3.8, 4) is 10.6 Å². The third kappa shape index (κ3) is 1.89. The predicted octanol–water partition coefficient (Wildman–Crippen LogP) is 2.77. The molecule has 4 nitrogen and oxygen atoms in total. The Morgan fingerprint density at radius 2 is 2.19 bits per heavy atom. The number of Topliss-reactive ketones (excluding diaryl/α,β-unsaturated/α-hetero) is 1. The van der Waals surface area contributed by atoms with Crippen LogP contribution in [-0.2, 0) is 0 Å². The number of thiazole rings is 1. The summed E-state index contributed by atoms with van der Waals surface area (Å²) in [6.45, 7) is 1.34. The van der Waals surface area contributed by atoms with Gasteiger partial charge in [-0.1, -0.05) is 0 Å². The number of ketones is 1.